The van der Waals surface area contributed by atoms with Crippen LogP contribution in [0.4, 0.5) is 0 Å². The van der Waals surface area contributed by atoms with Crippen LogP contribution in [0.25, 0.3) is 0 Å². The normalized spacial score (nSPS) is 11.7. The van der Waals surface area contributed by atoms with Gasteiger partial charge in [-0.25, -0.2) is 13.4 Å². The van der Waals surface area contributed by atoms with Gasteiger partial charge < -0.3 is 10.6 Å². The lowest BCUT2D eigenvalue weighted by molar-refractivity contribution is 0.591. The molecule has 5 nitrogen and oxygen atoms in total. The Morgan fingerprint density at radius 2 is 1.75 bits per heavy atom. The Bertz CT molecular complexity index is 821. The van der Waals surface area contributed by atoms with Gasteiger partial charge in [-0.05, 0) is 37.5 Å². The predicted octanol–water partition coefficient (Wildman–Crippen LogP) is 3.99. The lowest BCUT2D eigenvalue weighted by atomic mass is 10.2. The molecule has 0 aliphatic heterocycles. The summed E-state index contributed by atoms with van der Waals surface area (Å²) in [5, 5.41) is 6.43. The number of nitrogens with zero attached hydrogens (tertiary/aromatic N) is 1. The van der Waals surface area contributed by atoms with E-state index in [1.165, 1.54) is 9.75 Å². The topological polar surface area (TPSA) is 70.6 Å². The molecule has 1 aromatic carbocycles. The lowest BCUT2D eigenvalue weighted by Crippen LogP contribution is -2.38. The van der Waals surface area contributed by atoms with Gasteiger partial charge in [0, 0.05) is 22.8 Å². The van der Waals surface area contributed by atoms with Crippen LogP contribution >= 0.6 is 35.3 Å². The summed E-state index contributed by atoms with van der Waals surface area (Å²) in [5.74, 6) is 0.989. The summed E-state index contributed by atoms with van der Waals surface area (Å²) in [5.41, 5.74) is 0.836. The first-order valence-electron chi connectivity index (χ1n) is 9.36. The molecule has 0 unspecified atom stereocenters. The first kappa shape index (κ1) is 24.9. The van der Waals surface area contributed by atoms with E-state index >= 15 is 0 Å². The van der Waals surface area contributed by atoms with Crippen LogP contribution in [-0.2, 0) is 28.6 Å². The van der Waals surface area contributed by atoms with Gasteiger partial charge in [0.2, 0.25) is 0 Å². The Morgan fingerprint density at radius 3 is 2.39 bits per heavy atom. The van der Waals surface area contributed by atoms with Crippen molar-refractivity contribution in [2.45, 2.75) is 39.0 Å². The fraction of sp³-hybridized carbons (Fsp3) is 0.450. The standard InChI is InChI=1S/C20H29N3O2S2.HI/c1-3-18-11-12-19(26-18)15-23-20(21-4-2)22-13-8-14-27(24,25)16-17-9-6-5-7-10-17;/h5-7,9-12H,3-4,8,13-16H2,1-2H3,(H2,21,22,23);1H. The number of sulfone groups is 1. The average Bonchev–Trinajstić information content (AvgIpc) is 3.11. The van der Waals surface area contributed by atoms with Crippen LogP contribution in [0.3, 0.4) is 0 Å². The smallest absolute Gasteiger partial charge is 0.191 e. The van der Waals surface area contributed by atoms with E-state index in [4.69, 9.17) is 0 Å². The second-order valence-corrected chi connectivity index (χ2v) is 9.71. The molecule has 0 bridgehead atoms. The second-order valence-electron chi connectivity index (χ2n) is 6.27. The molecule has 28 heavy (non-hydrogen) atoms. The molecule has 0 atom stereocenters. The van der Waals surface area contributed by atoms with Gasteiger partial charge in [0.05, 0.1) is 18.1 Å². The zero-order chi connectivity index (χ0) is 19.5. The van der Waals surface area contributed by atoms with Crippen molar-refractivity contribution in [1.29, 1.82) is 0 Å². The average molecular weight is 536 g/mol. The molecular weight excluding hydrogens is 505 g/mol. The van der Waals surface area contributed by atoms with E-state index in [0.717, 1.165) is 24.5 Å². The van der Waals surface area contributed by atoms with Crippen LogP contribution in [0, 0.1) is 0 Å². The Balaban J connectivity index is 0.00000392. The van der Waals surface area contributed by atoms with Crippen molar-refractivity contribution in [2.75, 3.05) is 18.8 Å². The van der Waals surface area contributed by atoms with Crippen LogP contribution in [0.2, 0.25) is 0 Å². The van der Waals surface area contributed by atoms with E-state index in [9.17, 15) is 8.42 Å². The van der Waals surface area contributed by atoms with Gasteiger partial charge in [-0.15, -0.1) is 35.3 Å². The fourth-order valence-corrected chi connectivity index (χ4v) is 4.91. The third-order valence-corrected chi connectivity index (χ3v) is 6.86. The number of halogens is 1. The monoisotopic (exact) mass is 535 g/mol. The minimum Gasteiger partial charge on any atom is -0.357 e. The van der Waals surface area contributed by atoms with E-state index in [-0.39, 0.29) is 35.5 Å². The summed E-state index contributed by atoms with van der Waals surface area (Å²) < 4.78 is 24.5. The van der Waals surface area contributed by atoms with Gasteiger partial charge in [-0.1, -0.05) is 37.3 Å². The molecule has 0 spiro atoms. The van der Waals surface area contributed by atoms with Crippen molar-refractivity contribution in [3.63, 3.8) is 0 Å². The van der Waals surface area contributed by atoms with Crippen LogP contribution in [0.15, 0.2) is 47.5 Å². The zero-order valence-corrected chi connectivity index (χ0v) is 20.4. The van der Waals surface area contributed by atoms with Gasteiger partial charge in [-0.3, -0.25) is 0 Å². The lowest BCUT2D eigenvalue weighted by Gasteiger charge is -2.11. The van der Waals surface area contributed by atoms with Gasteiger partial charge in [-0.2, -0.15) is 0 Å². The summed E-state index contributed by atoms with van der Waals surface area (Å²) in [6, 6.07) is 13.6. The second kappa shape index (κ2) is 13.2. The van der Waals surface area contributed by atoms with E-state index < -0.39 is 9.84 Å². The van der Waals surface area contributed by atoms with E-state index in [1.54, 1.807) is 11.3 Å². The Hall–Kier alpha value is -1.13. The highest BCUT2D eigenvalue weighted by Gasteiger charge is 2.11. The molecule has 156 valence electrons. The molecule has 0 aliphatic rings. The number of hydrogen-bond acceptors (Lipinski definition) is 4. The molecule has 0 radical (unpaired) electrons. The quantitative estimate of drug-likeness (QED) is 0.209. The molecule has 1 heterocycles. The summed E-state index contributed by atoms with van der Waals surface area (Å²) in [6.45, 7) is 6.14. The number of aryl methyl sites for hydroxylation is 1. The van der Waals surface area contributed by atoms with Crippen LogP contribution < -0.4 is 10.6 Å². The minimum absolute atomic E-state index is 0. The van der Waals surface area contributed by atoms with Gasteiger partial charge in [0.15, 0.2) is 15.8 Å². The van der Waals surface area contributed by atoms with Crippen LogP contribution in [0.5, 0.6) is 0 Å². The Morgan fingerprint density at radius 1 is 1.04 bits per heavy atom. The summed E-state index contributed by atoms with van der Waals surface area (Å²) in [7, 11) is -3.10. The van der Waals surface area contributed by atoms with Crippen LogP contribution in [-0.4, -0.2) is 33.2 Å². The molecule has 0 fully saturated rings. The highest BCUT2D eigenvalue weighted by molar-refractivity contribution is 14.0. The maximum atomic E-state index is 12.2. The third-order valence-electron chi connectivity index (χ3n) is 3.96. The zero-order valence-electron chi connectivity index (χ0n) is 16.5. The minimum atomic E-state index is -3.10. The predicted molar refractivity (Wildman–Crippen MR) is 130 cm³/mol. The number of nitrogens with one attached hydrogen (secondary N) is 2. The van der Waals surface area contributed by atoms with Crippen molar-refractivity contribution < 1.29 is 8.42 Å². The van der Waals surface area contributed by atoms with Gasteiger partial charge >= 0.3 is 0 Å². The molecule has 0 saturated carbocycles. The van der Waals surface area contributed by atoms with Gasteiger partial charge in [0.25, 0.3) is 0 Å². The van der Waals surface area contributed by atoms with E-state index in [0.29, 0.717) is 19.5 Å². The van der Waals surface area contributed by atoms with E-state index in [2.05, 4.69) is 34.7 Å². The van der Waals surface area contributed by atoms with Crippen molar-refractivity contribution in [2.24, 2.45) is 4.99 Å². The number of benzene rings is 1. The SMILES string of the molecule is CCNC(=NCc1ccc(CC)s1)NCCCS(=O)(=O)Cc1ccccc1.I. The molecule has 2 rings (SSSR count). The summed E-state index contributed by atoms with van der Waals surface area (Å²) in [6.07, 6.45) is 1.60. The summed E-state index contributed by atoms with van der Waals surface area (Å²) in [4.78, 5) is 7.18. The maximum absolute atomic E-state index is 12.2. The van der Waals surface area contributed by atoms with E-state index in [1.807, 2.05) is 37.3 Å². The Labute approximate surface area is 190 Å². The Kier molecular flexibility index (Phi) is 11.7. The number of aliphatic imine (C=N–C) groups is 1. The molecule has 1 aromatic heterocycles. The maximum Gasteiger partial charge on any atom is 0.191 e. The summed E-state index contributed by atoms with van der Waals surface area (Å²) >= 11 is 1.78. The number of rotatable bonds is 10. The molecule has 0 saturated heterocycles. The number of thiophene rings is 1. The highest BCUT2D eigenvalue weighted by Crippen LogP contribution is 2.17. The number of hydrogen-bond donors (Lipinski definition) is 2. The van der Waals surface area contributed by atoms with Crippen molar-refractivity contribution in [3.8, 4) is 0 Å². The molecule has 2 N–H and O–H groups in total. The molecule has 0 aliphatic carbocycles. The first-order chi connectivity index (χ1) is 13.0. The van der Waals surface area contributed by atoms with Crippen molar-refractivity contribution in [1.82, 2.24) is 10.6 Å². The largest absolute Gasteiger partial charge is 0.357 e. The molecule has 8 heteroatoms. The fourth-order valence-electron chi connectivity index (χ4n) is 2.60. The van der Waals surface area contributed by atoms with Crippen LogP contribution in [0.1, 0.15) is 35.6 Å². The molecule has 0 amide bonds. The molecule has 2 aromatic rings. The third kappa shape index (κ3) is 9.38. The van der Waals surface area contributed by atoms with Crippen molar-refractivity contribution in [3.05, 3.63) is 57.8 Å². The van der Waals surface area contributed by atoms with Gasteiger partial charge in [0.1, 0.15) is 0 Å². The highest BCUT2D eigenvalue weighted by atomic mass is 127. The number of guanidine groups is 1. The molecular formula is C20H30IN3O2S2. The van der Waals surface area contributed by atoms with Crippen molar-refractivity contribution >= 4 is 51.1 Å². The first-order valence-corrected chi connectivity index (χ1v) is 12.0.